The molecular formula is C28H36N2O9. The Balaban J connectivity index is 1.77. The Morgan fingerprint density at radius 2 is 1.92 bits per heavy atom. The molecule has 39 heavy (non-hydrogen) atoms. The van der Waals surface area contributed by atoms with Gasteiger partial charge in [-0.25, -0.2) is 4.79 Å². The van der Waals surface area contributed by atoms with Crippen LogP contribution in [0, 0.1) is 0 Å². The van der Waals surface area contributed by atoms with Gasteiger partial charge in [-0.1, -0.05) is 19.4 Å². The number of likely N-dealkylation sites (tertiary alicyclic amines) is 1. The van der Waals surface area contributed by atoms with E-state index in [0.717, 1.165) is 18.4 Å². The van der Waals surface area contributed by atoms with Crippen LogP contribution in [0.4, 0.5) is 4.79 Å². The first-order chi connectivity index (χ1) is 18.9. The van der Waals surface area contributed by atoms with Crippen molar-refractivity contribution in [3.8, 4) is 23.0 Å². The number of nitrogens with zero attached hydrogens (tertiary/aromatic N) is 2. The van der Waals surface area contributed by atoms with Crippen LogP contribution in [0.1, 0.15) is 42.9 Å². The SMILES string of the molecule is CCCCN(C)C(=O)CN1C[C@H](c2ccc3c(c2)OCO3)[C@H](OC(=O)O)[C@H]1c1ccc(OC)cc1OCOC. The minimum absolute atomic E-state index is 0.0262. The number of ether oxygens (including phenoxy) is 6. The molecule has 0 radical (unpaired) electrons. The zero-order valence-electron chi connectivity index (χ0n) is 22.8. The van der Waals surface area contributed by atoms with Gasteiger partial charge < -0.3 is 38.4 Å². The molecule has 1 N–H and O–H groups in total. The van der Waals surface area contributed by atoms with Gasteiger partial charge in [0.2, 0.25) is 12.7 Å². The molecular weight excluding hydrogens is 508 g/mol. The molecule has 212 valence electrons. The quantitative estimate of drug-likeness (QED) is 0.312. The second kappa shape index (κ2) is 12.9. The molecule has 2 aromatic rings. The maximum Gasteiger partial charge on any atom is 0.506 e. The lowest BCUT2D eigenvalue weighted by Gasteiger charge is -2.30. The van der Waals surface area contributed by atoms with Crippen molar-refractivity contribution >= 4 is 12.1 Å². The largest absolute Gasteiger partial charge is 0.506 e. The number of benzene rings is 2. The van der Waals surface area contributed by atoms with Crippen LogP contribution in [0.15, 0.2) is 36.4 Å². The third kappa shape index (κ3) is 6.48. The Labute approximate surface area is 228 Å². The monoisotopic (exact) mass is 544 g/mol. The zero-order chi connectivity index (χ0) is 27.9. The molecule has 0 aromatic heterocycles. The van der Waals surface area contributed by atoms with Gasteiger partial charge in [-0.15, -0.1) is 0 Å². The Kier molecular flexibility index (Phi) is 9.36. The number of carbonyl (C=O) groups is 2. The summed E-state index contributed by atoms with van der Waals surface area (Å²) in [5.41, 5.74) is 1.48. The molecule has 0 unspecified atom stereocenters. The molecule has 0 bridgehead atoms. The molecule has 2 aromatic carbocycles. The topological polar surface area (TPSA) is 116 Å². The van der Waals surface area contributed by atoms with Crippen LogP contribution in [-0.2, 0) is 14.3 Å². The highest BCUT2D eigenvalue weighted by atomic mass is 16.7. The molecule has 2 aliphatic rings. The third-order valence-corrected chi connectivity index (χ3v) is 7.08. The molecule has 11 nitrogen and oxygen atoms in total. The van der Waals surface area contributed by atoms with Crippen molar-refractivity contribution in [1.82, 2.24) is 9.80 Å². The summed E-state index contributed by atoms with van der Waals surface area (Å²) >= 11 is 0. The fourth-order valence-electron chi connectivity index (χ4n) is 5.08. The highest BCUT2D eigenvalue weighted by molar-refractivity contribution is 5.78. The first-order valence-corrected chi connectivity index (χ1v) is 12.9. The number of rotatable bonds is 12. The van der Waals surface area contributed by atoms with Crippen molar-refractivity contribution in [3.63, 3.8) is 0 Å². The van der Waals surface area contributed by atoms with Gasteiger partial charge in [0.05, 0.1) is 19.7 Å². The number of fused-ring (bicyclic) bond motifs is 1. The van der Waals surface area contributed by atoms with Crippen molar-refractivity contribution in [1.29, 1.82) is 0 Å². The van der Waals surface area contributed by atoms with E-state index in [4.69, 9.17) is 28.4 Å². The van der Waals surface area contributed by atoms with Crippen molar-refractivity contribution in [2.24, 2.45) is 0 Å². The summed E-state index contributed by atoms with van der Waals surface area (Å²) in [5, 5.41) is 9.77. The smallest absolute Gasteiger partial charge is 0.497 e. The number of likely N-dealkylation sites (N-methyl/N-ethyl adjacent to an activating group) is 1. The van der Waals surface area contributed by atoms with Gasteiger partial charge >= 0.3 is 6.16 Å². The first kappa shape index (κ1) is 28.3. The number of carbonyl (C=O) groups excluding carboxylic acids is 1. The van der Waals surface area contributed by atoms with E-state index < -0.39 is 24.2 Å². The maximum absolute atomic E-state index is 13.3. The van der Waals surface area contributed by atoms with Crippen LogP contribution < -0.4 is 18.9 Å². The lowest BCUT2D eigenvalue weighted by atomic mass is 9.90. The minimum atomic E-state index is -1.41. The number of hydrogen-bond donors (Lipinski definition) is 1. The highest BCUT2D eigenvalue weighted by Gasteiger charge is 2.48. The second-order valence-electron chi connectivity index (χ2n) is 9.57. The zero-order valence-corrected chi connectivity index (χ0v) is 22.8. The number of carboxylic acid groups (broad SMARTS) is 1. The van der Waals surface area contributed by atoms with E-state index in [1.165, 1.54) is 7.11 Å². The Morgan fingerprint density at radius 3 is 2.64 bits per heavy atom. The molecule has 0 saturated carbocycles. The Morgan fingerprint density at radius 1 is 1.13 bits per heavy atom. The molecule has 0 aliphatic carbocycles. The predicted molar refractivity (Wildman–Crippen MR) is 141 cm³/mol. The number of unbranched alkanes of at least 4 members (excludes halogenated alkanes) is 1. The average molecular weight is 545 g/mol. The molecule has 11 heteroatoms. The fourth-order valence-corrected chi connectivity index (χ4v) is 5.08. The minimum Gasteiger partial charge on any atom is -0.497 e. The average Bonchev–Trinajstić information content (AvgIpc) is 3.54. The van der Waals surface area contributed by atoms with Gasteiger partial charge in [-0.05, 0) is 36.2 Å². The summed E-state index contributed by atoms with van der Waals surface area (Å²) in [6.07, 6.45) is -0.396. The first-order valence-electron chi connectivity index (χ1n) is 12.9. The van der Waals surface area contributed by atoms with Crippen LogP contribution in [0.25, 0.3) is 0 Å². The number of amides is 1. The molecule has 1 amide bonds. The number of hydrogen-bond acceptors (Lipinski definition) is 9. The van der Waals surface area contributed by atoms with Gasteiger partial charge in [0.1, 0.15) is 17.6 Å². The highest BCUT2D eigenvalue weighted by Crippen LogP contribution is 2.47. The molecule has 1 saturated heterocycles. The molecule has 4 rings (SSSR count). The van der Waals surface area contributed by atoms with E-state index in [9.17, 15) is 14.7 Å². The van der Waals surface area contributed by atoms with Crippen molar-refractivity contribution < 1.29 is 43.1 Å². The van der Waals surface area contributed by atoms with E-state index in [-0.39, 0.29) is 26.0 Å². The molecule has 0 spiro atoms. The maximum atomic E-state index is 13.3. The van der Waals surface area contributed by atoms with Crippen LogP contribution in [-0.4, -0.2) is 87.6 Å². The second-order valence-corrected chi connectivity index (χ2v) is 9.57. The summed E-state index contributed by atoms with van der Waals surface area (Å²) in [6, 6.07) is 10.2. The van der Waals surface area contributed by atoms with E-state index in [1.54, 1.807) is 37.3 Å². The molecule has 1 fully saturated rings. The van der Waals surface area contributed by atoms with Crippen molar-refractivity contribution in [2.45, 2.75) is 37.8 Å². The van der Waals surface area contributed by atoms with Crippen LogP contribution in [0.2, 0.25) is 0 Å². The van der Waals surface area contributed by atoms with E-state index >= 15 is 0 Å². The molecule has 2 heterocycles. The third-order valence-electron chi connectivity index (χ3n) is 7.08. The molecule has 3 atom stereocenters. The van der Waals surface area contributed by atoms with Gasteiger partial charge in [0.25, 0.3) is 0 Å². The summed E-state index contributed by atoms with van der Waals surface area (Å²) < 4.78 is 33.0. The number of methoxy groups -OCH3 is 2. The van der Waals surface area contributed by atoms with Gasteiger partial charge in [0, 0.05) is 44.8 Å². The van der Waals surface area contributed by atoms with E-state index in [1.807, 2.05) is 23.1 Å². The van der Waals surface area contributed by atoms with E-state index in [2.05, 4.69) is 6.92 Å². The van der Waals surface area contributed by atoms with Crippen molar-refractivity contribution in [3.05, 3.63) is 47.5 Å². The van der Waals surface area contributed by atoms with Gasteiger partial charge in [-0.3, -0.25) is 9.69 Å². The lowest BCUT2D eigenvalue weighted by molar-refractivity contribution is -0.131. The summed E-state index contributed by atoms with van der Waals surface area (Å²) in [4.78, 5) is 28.9. The van der Waals surface area contributed by atoms with Gasteiger partial charge in [0.15, 0.2) is 18.3 Å². The van der Waals surface area contributed by atoms with E-state index in [0.29, 0.717) is 41.7 Å². The lowest BCUT2D eigenvalue weighted by Crippen LogP contribution is -2.40. The van der Waals surface area contributed by atoms with Gasteiger partial charge in [-0.2, -0.15) is 0 Å². The Bertz CT molecular complexity index is 1160. The Hall–Kier alpha value is -3.70. The normalized spacial score (nSPS) is 20.1. The summed E-state index contributed by atoms with van der Waals surface area (Å²) in [7, 11) is 4.84. The van der Waals surface area contributed by atoms with Crippen LogP contribution in [0.3, 0.4) is 0 Å². The summed E-state index contributed by atoms with van der Waals surface area (Å²) in [5.74, 6) is 1.75. The molecule has 2 aliphatic heterocycles. The fraction of sp³-hybridized carbons (Fsp3) is 0.500. The van der Waals surface area contributed by atoms with Crippen LogP contribution in [0.5, 0.6) is 23.0 Å². The van der Waals surface area contributed by atoms with Crippen LogP contribution >= 0.6 is 0 Å². The van der Waals surface area contributed by atoms with Crippen molar-refractivity contribution in [2.75, 3.05) is 54.5 Å². The predicted octanol–water partition coefficient (Wildman–Crippen LogP) is 3.87. The standard InChI is InChI=1S/C28H36N2O9/c1-5-6-11-29(2)25(31)15-30-14-21(18-7-10-22-24(12-18)38-17-37-22)27(39-28(32)33)26(30)20-9-8-19(35-4)13-23(20)36-16-34-3/h7-10,12-13,21,26-27H,5-6,11,14-17H2,1-4H3,(H,32,33)/t21-,26-,27+/m1/s1. The summed E-state index contributed by atoms with van der Waals surface area (Å²) in [6.45, 7) is 3.25.